The number of amides is 1. The molecule has 0 radical (unpaired) electrons. The number of hydrogen-bond donors (Lipinski definition) is 1. The lowest BCUT2D eigenvalue weighted by atomic mass is 10.1. The standard InChI is InChI=1S/C41H72N2O3/c1-3-5-7-9-11-13-15-17-19-21-23-25-27-29-31-33-35-46-41(45)39-36-38(42)37-43(39)40(44)34-32-30-28-26-24-22-20-18-16-14-12-10-8-6-4-2/h11-14,17-20,38-39H,3-10,15-16,21-37,42H2,1-2H3/b13-11-,14-12-,19-17-,20-18-/t38-,39+/m1/s1. The van der Waals surface area contributed by atoms with E-state index in [-0.39, 0.29) is 17.9 Å². The molecule has 1 fully saturated rings. The van der Waals surface area contributed by atoms with E-state index in [1.54, 1.807) is 4.90 Å². The maximum atomic E-state index is 12.9. The van der Waals surface area contributed by atoms with Gasteiger partial charge in [-0.3, -0.25) is 4.79 Å². The van der Waals surface area contributed by atoms with Crippen molar-refractivity contribution >= 4 is 11.9 Å². The number of ether oxygens (including phenoxy) is 1. The highest BCUT2D eigenvalue weighted by molar-refractivity contribution is 5.85. The molecule has 5 nitrogen and oxygen atoms in total. The number of carbonyl (C=O) groups is 2. The Balaban J connectivity index is 2.04. The Morgan fingerprint density at radius 2 is 1.04 bits per heavy atom. The molecule has 2 N–H and O–H groups in total. The molecule has 0 bridgehead atoms. The minimum atomic E-state index is -0.509. The minimum absolute atomic E-state index is 0.0503. The normalized spacial score (nSPS) is 17.1. The number of hydrogen-bond acceptors (Lipinski definition) is 4. The van der Waals surface area contributed by atoms with Crippen molar-refractivity contribution in [3.63, 3.8) is 0 Å². The van der Waals surface area contributed by atoms with Crippen LogP contribution in [0.4, 0.5) is 0 Å². The lowest BCUT2D eigenvalue weighted by molar-refractivity contribution is -0.153. The topological polar surface area (TPSA) is 72.6 Å². The summed E-state index contributed by atoms with van der Waals surface area (Å²) in [6.45, 7) is 5.39. The molecule has 0 aromatic heterocycles. The predicted molar refractivity (Wildman–Crippen MR) is 198 cm³/mol. The fourth-order valence-electron chi connectivity index (χ4n) is 5.96. The number of likely N-dealkylation sites (tertiary alicyclic amines) is 1. The summed E-state index contributed by atoms with van der Waals surface area (Å²) in [5.41, 5.74) is 6.15. The Morgan fingerprint density at radius 3 is 1.54 bits per heavy atom. The number of unbranched alkanes of at least 4 members (excludes halogenated alkanes) is 17. The van der Waals surface area contributed by atoms with Crippen molar-refractivity contribution in [1.29, 1.82) is 0 Å². The van der Waals surface area contributed by atoms with Gasteiger partial charge >= 0.3 is 5.97 Å². The molecule has 1 saturated heterocycles. The van der Waals surface area contributed by atoms with Gasteiger partial charge in [0.05, 0.1) is 6.61 Å². The van der Waals surface area contributed by atoms with Crippen LogP contribution in [0.15, 0.2) is 48.6 Å². The van der Waals surface area contributed by atoms with Gasteiger partial charge in [-0.15, -0.1) is 0 Å². The summed E-state index contributed by atoms with van der Waals surface area (Å²) in [6, 6.07) is -0.655. The van der Waals surface area contributed by atoms with E-state index in [4.69, 9.17) is 10.5 Å². The summed E-state index contributed by atoms with van der Waals surface area (Å²) in [5, 5.41) is 0. The molecule has 1 amide bonds. The molecule has 1 heterocycles. The van der Waals surface area contributed by atoms with E-state index in [2.05, 4.69) is 62.5 Å². The smallest absolute Gasteiger partial charge is 0.328 e. The second-order valence-corrected chi connectivity index (χ2v) is 13.3. The molecule has 46 heavy (non-hydrogen) atoms. The molecule has 1 aliphatic heterocycles. The molecule has 2 atom stereocenters. The first-order valence-electron chi connectivity index (χ1n) is 19.4. The molecule has 0 aliphatic carbocycles. The summed E-state index contributed by atoms with van der Waals surface area (Å²) in [7, 11) is 0. The Bertz CT molecular complexity index is 847. The van der Waals surface area contributed by atoms with Gasteiger partial charge in [0.15, 0.2) is 0 Å². The quantitative estimate of drug-likeness (QED) is 0.0482. The molecule has 1 aliphatic rings. The lowest BCUT2D eigenvalue weighted by Crippen LogP contribution is -2.41. The van der Waals surface area contributed by atoms with E-state index in [1.165, 1.54) is 89.9 Å². The van der Waals surface area contributed by atoms with Gasteiger partial charge in [0.2, 0.25) is 5.91 Å². The maximum Gasteiger partial charge on any atom is 0.328 e. The zero-order chi connectivity index (χ0) is 33.3. The fourth-order valence-corrected chi connectivity index (χ4v) is 5.96. The van der Waals surface area contributed by atoms with Crippen molar-refractivity contribution in [2.45, 2.75) is 186 Å². The van der Waals surface area contributed by atoms with Crippen LogP contribution in [0.5, 0.6) is 0 Å². The second-order valence-electron chi connectivity index (χ2n) is 13.3. The number of nitrogens with zero attached hydrogens (tertiary/aromatic N) is 1. The number of carbonyl (C=O) groups excluding carboxylic acids is 2. The van der Waals surface area contributed by atoms with E-state index < -0.39 is 6.04 Å². The number of rotatable bonds is 30. The molecule has 0 aromatic carbocycles. The monoisotopic (exact) mass is 641 g/mol. The van der Waals surface area contributed by atoms with Crippen LogP contribution in [0, 0.1) is 0 Å². The van der Waals surface area contributed by atoms with Gasteiger partial charge in [-0.1, -0.05) is 133 Å². The molecule has 0 spiro atoms. The van der Waals surface area contributed by atoms with Gasteiger partial charge in [0.1, 0.15) is 6.04 Å². The Morgan fingerprint density at radius 1 is 0.609 bits per heavy atom. The van der Waals surface area contributed by atoms with Gasteiger partial charge < -0.3 is 15.4 Å². The third-order valence-electron chi connectivity index (χ3n) is 8.86. The predicted octanol–water partition coefficient (Wildman–Crippen LogP) is 11.1. The Labute approximate surface area is 284 Å². The second kappa shape index (κ2) is 31.5. The van der Waals surface area contributed by atoms with Crippen LogP contribution in [0.25, 0.3) is 0 Å². The Hall–Kier alpha value is -2.14. The summed E-state index contributed by atoms with van der Waals surface area (Å²) >= 11 is 0. The number of allylic oxidation sites excluding steroid dienone is 8. The summed E-state index contributed by atoms with van der Waals surface area (Å²) in [6.07, 6.45) is 46.4. The van der Waals surface area contributed by atoms with Gasteiger partial charge in [0, 0.05) is 19.0 Å². The molecular weight excluding hydrogens is 568 g/mol. The molecular formula is C41H72N2O3. The van der Waals surface area contributed by atoms with Crippen molar-refractivity contribution in [2.24, 2.45) is 5.73 Å². The average Bonchev–Trinajstić information content (AvgIpc) is 3.46. The van der Waals surface area contributed by atoms with E-state index in [0.29, 0.717) is 26.0 Å². The third-order valence-corrected chi connectivity index (χ3v) is 8.86. The molecule has 264 valence electrons. The first-order valence-corrected chi connectivity index (χ1v) is 19.4. The first-order chi connectivity index (χ1) is 22.6. The zero-order valence-corrected chi connectivity index (χ0v) is 30.1. The first kappa shape index (κ1) is 41.9. The average molecular weight is 641 g/mol. The molecule has 0 saturated carbocycles. The summed E-state index contributed by atoms with van der Waals surface area (Å²) < 4.78 is 5.59. The van der Waals surface area contributed by atoms with Crippen molar-refractivity contribution in [1.82, 2.24) is 4.90 Å². The van der Waals surface area contributed by atoms with E-state index >= 15 is 0 Å². The number of nitrogens with two attached hydrogens (primary N) is 1. The molecule has 1 rings (SSSR count). The lowest BCUT2D eigenvalue weighted by Gasteiger charge is -2.23. The fraction of sp³-hybridized carbons (Fsp3) is 0.756. The van der Waals surface area contributed by atoms with Crippen LogP contribution in [-0.4, -0.2) is 42.0 Å². The van der Waals surface area contributed by atoms with E-state index in [9.17, 15) is 9.59 Å². The highest BCUT2D eigenvalue weighted by Gasteiger charge is 2.38. The van der Waals surface area contributed by atoms with Gasteiger partial charge in [0.25, 0.3) is 0 Å². The van der Waals surface area contributed by atoms with Gasteiger partial charge in [-0.05, 0) is 83.5 Å². The van der Waals surface area contributed by atoms with Crippen LogP contribution in [-0.2, 0) is 14.3 Å². The van der Waals surface area contributed by atoms with Gasteiger partial charge in [-0.25, -0.2) is 4.79 Å². The van der Waals surface area contributed by atoms with Crippen molar-refractivity contribution in [3.05, 3.63) is 48.6 Å². The number of esters is 1. The molecule has 0 aromatic rings. The zero-order valence-electron chi connectivity index (χ0n) is 30.1. The molecule has 5 heteroatoms. The summed E-state index contributed by atoms with van der Waals surface area (Å²) in [5.74, 6) is -0.224. The highest BCUT2D eigenvalue weighted by atomic mass is 16.5. The van der Waals surface area contributed by atoms with E-state index in [0.717, 1.165) is 57.8 Å². The SMILES string of the molecule is CCCCC/C=C\C/C=C\CCCCCCCCOC(=O)[C@@H]1C[C@@H](N)CN1C(=O)CCCCCCC/C=C\C/C=C\CCCCC. The minimum Gasteiger partial charge on any atom is -0.464 e. The van der Waals surface area contributed by atoms with Crippen molar-refractivity contribution < 1.29 is 14.3 Å². The third kappa shape index (κ3) is 24.1. The van der Waals surface area contributed by atoms with Crippen LogP contribution in [0.3, 0.4) is 0 Å². The van der Waals surface area contributed by atoms with Crippen molar-refractivity contribution in [2.75, 3.05) is 13.2 Å². The van der Waals surface area contributed by atoms with Gasteiger partial charge in [-0.2, -0.15) is 0 Å². The summed E-state index contributed by atoms with van der Waals surface area (Å²) in [4.78, 5) is 27.4. The maximum absolute atomic E-state index is 12.9. The van der Waals surface area contributed by atoms with Crippen LogP contribution < -0.4 is 5.73 Å². The molecule has 0 unspecified atom stereocenters. The van der Waals surface area contributed by atoms with Crippen LogP contribution in [0.1, 0.15) is 174 Å². The Kier molecular flexibility index (Phi) is 28.6. The van der Waals surface area contributed by atoms with Crippen LogP contribution in [0.2, 0.25) is 0 Å². The highest BCUT2D eigenvalue weighted by Crippen LogP contribution is 2.21. The largest absolute Gasteiger partial charge is 0.464 e. The van der Waals surface area contributed by atoms with Crippen LogP contribution >= 0.6 is 0 Å². The van der Waals surface area contributed by atoms with E-state index in [1.807, 2.05) is 0 Å². The van der Waals surface area contributed by atoms with Crippen molar-refractivity contribution in [3.8, 4) is 0 Å².